The first-order valence-electron chi connectivity index (χ1n) is 8.07. The molecule has 0 aliphatic rings. The van der Waals surface area contributed by atoms with E-state index in [1.807, 2.05) is 50.4 Å². The number of aryl methyl sites for hydroxylation is 1. The molecule has 6 heteroatoms. The maximum absolute atomic E-state index is 12.0. The highest BCUT2D eigenvalue weighted by molar-refractivity contribution is 5.83. The third kappa shape index (κ3) is 5.22. The summed E-state index contributed by atoms with van der Waals surface area (Å²) < 4.78 is 1.76. The first-order valence-corrected chi connectivity index (χ1v) is 8.07. The van der Waals surface area contributed by atoms with Crippen LogP contribution in [0.5, 0.6) is 0 Å². The van der Waals surface area contributed by atoms with E-state index in [2.05, 4.69) is 10.4 Å². The largest absolute Gasteiger partial charge is 0.480 e. The Morgan fingerprint density at radius 2 is 1.96 bits per heavy atom. The molecular formula is C18H23N3O3. The number of carboxylic acid groups (broad SMARTS) is 1. The predicted molar refractivity (Wildman–Crippen MR) is 90.9 cm³/mol. The molecule has 0 saturated carbocycles. The van der Waals surface area contributed by atoms with Gasteiger partial charge < -0.3 is 10.4 Å². The van der Waals surface area contributed by atoms with Crippen LogP contribution < -0.4 is 5.32 Å². The maximum atomic E-state index is 12.0. The Morgan fingerprint density at radius 1 is 1.25 bits per heavy atom. The summed E-state index contributed by atoms with van der Waals surface area (Å²) in [6.07, 6.45) is 4.79. The fourth-order valence-corrected chi connectivity index (χ4v) is 2.43. The third-order valence-corrected chi connectivity index (χ3v) is 3.64. The molecule has 0 spiro atoms. The maximum Gasteiger partial charge on any atom is 0.326 e. The van der Waals surface area contributed by atoms with Gasteiger partial charge in [-0.3, -0.25) is 4.79 Å². The van der Waals surface area contributed by atoms with Crippen LogP contribution in [0, 0.1) is 5.92 Å². The number of aromatic nitrogens is 2. The molecule has 2 aromatic rings. The number of benzene rings is 1. The molecule has 0 bridgehead atoms. The quantitative estimate of drug-likeness (QED) is 0.779. The van der Waals surface area contributed by atoms with Gasteiger partial charge in [-0.2, -0.15) is 5.10 Å². The van der Waals surface area contributed by atoms with Crippen molar-refractivity contribution in [1.29, 1.82) is 0 Å². The monoisotopic (exact) mass is 329 g/mol. The molecule has 0 saturated heterocycles. The van der Waals surface area contributed by atoms with Gasteiger partial charge in [0.1, 0.15) is 6.04 Å². The van der Waals surface area contributed by atoms with Crippen LogP contribution >= 0.6 is 0 Å². The van der Waals surface area contributed by atoms with Crippen molar-refractivity contribution in [2.45, 2.75) is 39.2 Å². The van der Waals surface area contributed by atoms with Crippen LogP contribution in [0.2, 0.25) is 0 Å². The number of carbonyl (C=O) groups is 2. The highest BCUT2D eigenvalue weighted by Gasteiger charge is 2.20. The Hall–Kier alpha value is -2.63. The average molecular weight is 329 g/mol. The molecule has 1 amide bonds. The SMILES string of the molecule is CC(C)CC(NC(=O)CCc1cnn(-c2ccccc2)c1)C(=O)O. The van der Waals surface area contributed by atoms with E-state index in [4.69, 9.17) is 5.11 Å². The highest BCUT2D eigenvalue weighted by atomic mass is 16.4. The summed E-state index contributed by atoms with van der Waals surface area (Å²) in [6.45, 7) is 3.86. The molecule has 2 rings (SSSR count). The summed E-state index contributed by atoms with van der Waals surface area (Å²) in [6, 6.07) is 8.88. The zero-order chi connectivity index (χ0) is 17.5. The van der Waals surface area contributed by atoms with Gasteiger partial charge in [-0.1, -0.05) is 32.0 Å². The van der Waals surface area contributed by atoms with Crippen LogP contribution in [0.4, 0.5) is 0 Å². The topological polar surface area (TPSA) is 84.2 Å². The van der Waals surface area contributed by atoms with Gasteiger partial charge in [-0.25, -0.2) is 9.48 Å². The van der Waals surface area contributed by atoms with Crippen molar-refractivity contribution in [2.24, 2.45) is 5.92 Å². The first-order chi connectivity index (χ1) is 11.5. The molecule has 2 N–H and O–H groups in total. The first kappa shape index (κ1) is 17.7. The Morgan fingerprint density at radius 3 is 2.58 bits per heavy atom. The van der Waals surface area contributed by atoms with Crippen molar-refractivity contribution in [3.8, 4) is 5.69 Å². The van der Waals surface area contributed by atoms with Crippen LogP contribution in [0.1, 0.15) is 32.3 Å². The minimum absolute atomic E-state index is 0.204. The van der Waals surface area contributed by atoms with Crippen LogP contribution in [0.25, 0.3) is 5.69 Å². The summed E-state index contributed by atoms with van der Waals surface area (Å²) in [7, 11) is 0. The molecular weight excluding hydrogens is 306 g/mol. The van der Waals surface area contributed by atoms with Crippen LogP contribution in [0.3, 0.4) is 0 Å². The predicted octanol–water partition coefficient (Wildman–Crippen LogP) is 2.42. The van der Waals surface area contributed by atoms with Crippen molar-refractivity contribution in [2.75, 3.05) is 0 Å². The summed E-state index contributed by atoms with van der Waals surface area (Å²) in [5.74, 6) is -1.04. The zero-order valence-electron chi connectivity index (χ0n) is 14.0. The van der Waals surface area contributed by atoms with E-state index in [-0.39, 0.29) is 18.2 Å². The fourth-order valence-electron chi connectivity index (χ4n) is 2.43. The number of amides is 1. The van der Waals surface area contributed by atoms with Gasteiger partial charge in [0.25, 0.3) is 0 Å². The van der Waals surface area contributed by atoms with Gasteiger partial charge in [0, 0.05) is 12.6 Å². The van der Waals surface area contributed by atoms with Gasteiger partial charge in [0.05, 0.1) is 11.9 Å². The lowest BCUT2D eigenvalue weighted by Crippen LogP contribution is -2.41. The molecule has 128 valence electrons. The molecule has 24 heavy (non-hydrogen) atoms. The van der Waals surface area contributed by atoms with E-state index in [0.29, 0.717) is 12.8 Å². The number of nitrogens with zero attached hydrogens (tertiary/aromatic N) is 2. The number of rotatable bonds is 8. The number of carboxylic acids is 1. The van der Waals surface area contributed by atoms with E-state index in [1.165, 1.54) is 0 Å². The van der Waals surface area contributed by atoms with Crippen molar-refractivity contribution < 1.29 is 14.7 Å². The Balaban J connectivity index is 1.88. The van der Waals surface area contributed by atoms with Crippen LogP contribution in [-0.4, -0.2) is 32.8 Å². The number of hydrogen-bond donors (Lipinski definition) is 2. The lowest BCUT2D eigenvalue weighted by atomic mass is 10.0. The molecule has 1 unspecified atom stereocenters. The average Bonchev–Trinajstić information content (AvgIpc) is 3.01. The molecule has 0 radical (unpaired) electrons. The molecule has 0 aliphatic carbocycles. The summed E-state index contributed by atoms with van der Waals surface area (Å²) in [5, 5.41) is 16.0. The third-order valence-electron chi connectivity index (χ3n) is 3.64. The Labute approximate surface area is 141 Å². The second-order valence-electron chi connectivity index (χ2n) is 6.22. The standard InChI is InChI=1S/C18H23N3O3/c1-13(2)10-16(18(23)24)20-17(22)9-8-14-11-19-21(12-14)15-6-4-3-5-7-15/h3-7,11-13,16H,8-10H2,1-2H3,(H,20,22)(H,23,24). The molecule has 6 nitrogen and oxygen atoms in total. The van der Waals surface area contributed by atoms with Crippen molar-refractivity contribution in [3.63, 3.8) is 0 Å². The second-order valence-corrected chi connectivity index (χ2v) is 6.22. The second kappa shape index (κ2) is 8.29. The number of hydrogen-bond acceptors (Lipinski definition) is 3. The molecule has 1 atom stereocenters. The van der Waals surface area contributed by atoms with Gasteiger partial charge >= 0.3 is 5.97 Å². The summed E-state index contributed by atoms with van der Waals surface area (Å²) in [4.78, 5) is 23.2. The number of carbonyl (C=O) groups excluding carboxylic acids is 1. The van der Waals surface area contributed by atoms with Crippen LogP contribution in [-0.2, 0) is 16.0 Å². The lowest BCUT2D eigenvalue weighted by Gasteiger charge is -2.16. The number of aliphatic carboxylic acids is 1. The highest BCUT2D eigenvalue weighted by Crippen LogP contribution is 2.10. The van der Waals surface area contributed by atoms with Crippen LogP contribution in [0.15, 0.2) is 42.7 Å². The number of nitrogens with one attached hydrogen (secondary N) is 1. The van der Waals surface area contributed by atoms with E-state index < -0.39 is 12.0 Å². The van der Waals surface area contributed by atoms with Crippen molar-refractivity contribution >= 4 is 11.9 Å². The Bertz CT molecular complexity index is 680. The fraction of sp³-hybridized carbons (Fsp3) is 0.389. The molecule has 0 aliphatic heterocycles. The minimum Gasteiger partial charge on any atom is -0.480 e. The van der Waals surface area contributed by atoms with Gasteiger partial charge in [0.2, 0.25) is 5.91 Å². The molecule has 1 heterocycles. The molecule has 1 aromatic heterocycles. The summed E-state index contributed by atoms with van der Waals surface area (Å²) in [5.41, 5.74) is 1.89. The van der Waals surface area contributed by atoms with Crippen molar-refractivity contribution in [3.05, 3.63) is 48.3 Å². The van der Waals surface area contributed by atoms with E-state index in [1.54, 1.807) is 10.9 Å². The number of para-hydroxylation sites is 1. The van der Waals surface area contributed by atoms with Crippen molar-refractivity contribution in [1.82, 2.24) is 15.1 Å². The van der Waals surface area contributed by atoms with Gasteiger partial charge in [-0.05, 0) is 36.5 Å². The summed E-state index contributed by atoms with van der Waals surface area (Å²) >= 11 is 0. The van der Waals surface area contributed by atoms with E-state index in [0.717, 1.165) is 11.3 Å². The minimum atomic E-state index is -0.992. The Kier molecular flexibility index (Phi) is 6.12. The van der Waals surface area contributed by atoms with E-state index in [9.17, 15) is 9.59 Å². The molecule has 1 aromatic carbocycles. The molecule has 0 fully saturated rings. The smallest absolute Gasteiger partial charge is 0.326 e. The lowest BCUT2D eigenvalue weighted by molar-refractivity contribution is -0.142. The van der Waals surface area contributed by atoms with Gasteiger partial charge in [0.15, 0.2) is 0 Å². The van der Waals surface area contributed by atoms with E-state index >= 15 is 0 Å². The normalized spacial score (nSPS) is 12.1. The van der Waals surface area contributed by atoms with Gasteiger partial charge in [-0.15, -0.1) is 0 Å². The zero-order valence-corrected chi connectivity index (χ0v) is 14.0.